The van der Waals surface area contributed by atoms with Gasteiger partial charge in [0.25, 0.3) is 5.91 Å². The number of nitrogen functional groups attached to an aromatic ring is 1. The molecular weight excluding hydrogens is 492 g/mol. The Hall–Kier alpha value is -3.63. The van der Waals surface area contributed by atoms with Crippen molar-refractivity contribution in [3.05, 3.63) is 58.8 Å². The number of ether oxygens (including phenoxy) is 2. The number of rotatable bonds is 7. The van der Waals surface area contributed by atoms with Gasteiger partial charge in [-0.3, -0.25) is 4.79 Å². The van der Waals surface area contributed by atoms with E-state index in [2.05, 4.69) is 15.3 Å². The predicted molar refractivity (Wildman–Crippen MR) is 140 cm³/mol. The lowest BCUT2D eigenvalue weighted by atomic mass is 9.96. The van der Waals surface area contributed by atoms with Crippen LogP contribution in [0.15, 0.2) is 30.3 Å². The molecule has 38 heavy (non-hydrogen) atoms. The van der Waals surface area contributed by atoms with Crippen molar-refractivity contribution >= 4 is 11.7 Å². The molecule has 10 heteroatoms. The molecule has 2 aliphatic rings. The summed E-state index contributed by atoms with van der Waals surface area (Å²) in [6.45, 7) is 3.06. The number of halogens is 2. The van der Waals surface area contributed by atoms with Crippen LogP contribution in [0.5, 0.6) is 5.75 Å². The van der Waals surface area contributed by atoms with Gasteiger partial charge in [-0.15, -0.1) is 0 Å². The van der Waals surface area contributed by atoms with Crippen molar-refractivity contribution in [3.8, 4) is 28.3 Å². The number of nitrogens with two attached hydrogens (primary N) is 1. The van der Waals surface area contributed by atoms with Crippen molar-refractivity contribution in [2.24, 2.45) is 5.92 Å². The highest BCUT2D eigenvalue weighted by atomic mass is 19.1. The summed E-state index contributed by atoms with van der Waals surface area (Å²) in [6, 6.07) is 8.26. The monoisotopic (exact) mass is 523 g/mol. The molecule has 3 aromatic rings. The lowest BCUT2D eigenvalue weighted by Crippen LogP contribution is -2.32. The minimum Gasteiger partial charge on any atom is -0.493 e. The third kappa shape index (κ3) is 5.46. The van der Waals surface area contributed by atoms with Crippen LogP contribution in [0.25, 0.3) is 22.5 Å². The maximum Gasteiger partial charge on any atom is 0.254 e. The summed E-state index contributed by atoms with van der Waals surface area (Å²) in [5, 5.41) is 2.64. The van der Waals surface area contributed by atoms with E-state index in [1.165, 1.54) is 6.07 Å². The molecule has 3 N–H and O–H groups in total. The zero-order valence-corrected chi connectivity index (χ0v) is 21.5. The van der Waals surface area contributed by atoms with Crippen LogP contribution in [0, 0.1) is 17.7 Å². The zero-order valence-electron chi connectivity index (χ0n) is 21.5. The first-order valence-electron chi connectivity index (χ1n) is 12.7. The Bertz CT molecular complexity index is 1360. The summed E-state index contributed by atoms with van der Waals surface area (Å²) >= 11 is 0. The normalized spacial score (nSPS) is 15.9. The minimum absolute atomic E-state index is 0.000979. The van der Waals surface area contributed by atoms with Gasteiger partial charge in [-0.25, -0.2) is 9.37 Å². The molecule has 0 aliphatic carbocycles. The summed E-state index contributed by atoms with van der Waals surface area (Å²) in [7, 11) is 3.89. The van der Waals surface area contributed by atoms with Crippen molar-refractivity contribution in [1.82, 2.24) is 20.2 Å². The van der Waals surface area contributed by atoms with Gasteiger partial charge in [0, 0.05) is 43.0 Å². The molecule has 2 aromatic carbocycles. The van der Waals surface area contributed by atoms with Crippen LogP contribution < -0.4 is 15.8 Å². The largest absolute Gasteiger partial charge is 0.493 e. The Balaban J connectivity index is 1.50. The first-order valence-corrected chi connectivity index (χ1v) is 12.7. The van der Waals surface area contributed by atoms with Crippen LogP contribution in [-0.2, 0) is 17.7 Å². The van der Waals surface area contributed by atoms with Crippen LogP contribution in [0.2, 0.25) is 0 Å². The highest BCUT2D eigenvalue weighted by molar-refractivity contribution is 5.97. The number of nitrogens with zero attached hydrogens (tertiary/aromatic N) is 3. The Morgan fingerprint density at radius 1 is 1.11 bits per heavy atom. The Morgan fingerprint density at radius 3 is 2.66 bits per heavy atom. The highest BCUT2D eigenvalue weighted by Gasteiger charge is 2.24. The van der Waals surface area contributed by atoms with Crippen molar-refractivity contribution in [2.45, 2.75) is 25.8 Å². The molecule has 1 amide bonds. The lowest BCUT2D eigenvalue weighted by molar-refractivity contribution is 0.0495. The molecule has 200 valence electrons. The second-order valence-corrected chi connectivity index (χ2v) is 10.0. The van der Waals surface area contributed by atoms with E-state index in [1.54, 1.807) is 12.1 Å². The summed E-state index contributed by atoms with van der Waals surface area (Å²) < 4.78 is 41.6. The first-order chi connectivity index (χ1) is 18.3. The number of amides is 1. The SMILES string of the molecule is CN(C)Cc1cc(-c2nc(-c3cc(F)c4c(c3)CCNC4=O)c(N)nc2F)ccc1OCC1CCOCC1. The quantitative estimate of drug-likeness (QED) is 0.485. The van der Waals surface area contributed by atoms with Crippen LogP contribution in [0.1, 0.15) is 34.3 Å². The van der Waals surface area contributed by atoms with Gasteiger partial charge < -0.3 is 25.4 Å². The summed E-state index contributed by atoms with van der Waals surface area (Å²) in [5.41, 5.74) is 8.48. The van der Waals surface area contributed by atoms with E-state index < -0.39 is 17.7 Å². The lowest BCUT2D eigenvalue weighted by Gasteiger charge is -2.23. The fourth-order valence-electron chi connectivity index (χ4n) is 4.93. The Kier molecular flexibility index (Phi) is 7.53. The summed E-state index contributed by atoms with van der Waals surface area (Å²) in [5.74, 6) is -0.955. The van der Waals surface area contributed by atoms with E-state index >= 15 is 4.39 Å². The van der Waals surface area contributed by atoms with Crippen LogP contribution in [-0.4, -0.2) is 61.2 Å². The summed E-state index contributed by atoms with van der Waals surface area (Å²) in [6.07, 6.45) is 2.39. The van der Waals surface area contributed by atoms with Crippen LogP contribution >= 0.6 is 0 Å². The van der Waals surface area contributed by atoms with Gasteiger partial charge in [0.15, 0.2) is 5.82 Å². The predicted octanol–water partition coefficient (Wildman–Crippen LogP) is 3.82. The molecule has 2 aliphatic heterocycles. The number of anilines is 1. The molecule has 1 fully saturated rings. The van der Waals surface area contributed by atoms with Crippen LogP contribution in [0.3, 0.4) is 0 Å². The number of fused-ring (bicyclic) bond motifs is 1. The molecule has 0 unspecified atom stereocenters. The zero-order chi connectivity index (χ0) is 26.8. The minimum atomic E-state index is -0.823. The van der Waals surface area contributed by atoms with Crippen molar-refractivity contribution in [1.29, 1.82) is 0 Å². The number of carbonyl (C=O) groups is 1. The highest BCUT2D eigenvalue weighted by Crippen LogP contribution is 2.33. The molecule has 0 radical (unpaired) electrons. The second-order valence-electron chi connectivity index (χ2n) is 10.0. The molecule has 1 aromatic heterocycles. The number of hydrogen-bond donors (Lipinski definition) is 2. The molecule has 0 bridgehead atoms. The average Bonchev–Trinajstić information content (AvgIpc) is 2.88. The smallest absolute Gasteiger partial charge is 0.254 e. The van der Waals surface area contributed by atoms with Gasteiger partial charge >= 0.3 is 0 Å². The molecule has 8 nitrogen and oxygen atoms in total. The van der Waals surface area contributed by atoms with E-state index in [1.807, 2.05) is 31.1 Å². The second kappa shape index (κ2) is 11.0. The summed E-state index contributed by atoms with van der Waals surface area (Å²) in [4.78, 5) is 22.5. The number of benzene rings is 2. The van der Waals surface area contributed by atoms with Gasteiger partial charge in [-0.2, -0.15) is 9.37 Å². The van der Waals surface area contributed by atoms with E-state index in [4.69, 9.17) is 15.2 Å². The van der Waals surface area contributed by atoms with E-state index in [9.17, 15) is 9.18 Å². The fourth-order valence-corrected chi connectivity index (χ4v) is 4.93. The molecule has 0 saturated carbocycles. The number of aromatic nitrogens is 2. The molecule has 3 heterocycles. The standard InChI is InChI=1S/C28H31F2N5O3/c1-35(2)14-20-12-18(3-4-22(20)38-15-16-6-9-37-10-7-16)24-26(30)34-27(31)25(33-24)19-11-17-5-8-32-28(36)23(17)21(29)13-19/h3-4,11-13,16H,5-10,14-15H2,1-2H3,(H2,31,34)(H,32,36). The molecular formula is C28H31F2N5O3. The van der Waals surface area contributed by atoms with E-state index in [0.717, 1.165) is 37.4 Å². The topological polar surface area (TPSA) is 103 Å². The molecule has 1 saturated heterocycles. The van der Waals surface area contributed by atoms with Gasteiger partial charge in [0.2, 0.25) is 5.95 Å². The van der Waals surface area contributed by atoms with Crippen molar-refractivity contribution < 1.29 is 23.0 Å². The third-order valence-corrected chi connectivity index (χ3v) is 6.87. The van der Waals surface area contributed by atoms with E-state index in [0.29, 0.717) is 48.7 Å². The van der Waals surface area contributed by atoms with Gasteiger partial charge in [0.05, 0.1) is 12.2 Å². The maximum atomic E-state index is 15.1. The number of carbonyl (C=O) groups excluding carboxylic acids is 1. The number of nitrogens with one attached hydrogen (secondary N) is 1. The molecule has 0 spiro atoms. The fraction of sp³-hybridized carbons (Fsp3) is 0.393. The van der Waals surface area contributed by atoms with E-state index in [-0.39, 0.29) is 22.8 Å². The molecule has 5 rings (SSSR count). The molecule has 0 atom stereocenters. The third-order valence-electron chi connectivity index (χ3n) is 6.87. The van der Waals surface area contributed by atoms with Gasteiger partial charge in [-0.05, 0) is 75.2 Å². The maximum absolute atomic E-state index is 15.1. The van der Waals surface area contributed by atoms with Crippen molar-refractivity contribution in [2.75, 3.05) is 46.2 Å². The van der Waals surface area contributed by atoms with Gasteiger partial charge in [0.1, 0.15) is 23.0 Å². The van der Waals surface area contributed by atoms with Gasteiger partial charge in [-0.1, -0.05) is 0 Å². The Labute approximate surface area is 220 Å². The first kappa shape index (κ1) is 26.0. The van der Waals surface area contributed by atoms with Crippen LogP contribution in [0.4, 0.5) is 14.6 Å². The number of hydrogen-bond acceptors (Lipinski definition) is 7. The average molecular weight is 524 g/mol. The Morgan fingerprint density at radius 2 is 1.89 bits per heavy atom. The van der Waals surface area contributed by atoms with Crippen molar-refractivity contribution in [3.63, 3.8) is 0 Å².